The van der Waals surface area contributed by atoms with Crippen LogP contribution in [0.5, 0.6) is 0 Å². The van der Waals surface area contributed by atoms with Gasteiger partial charge >= 0.3 is 0 Å². The number of benzene rings is 1. The molecule has 1 unspecified atom stereocenters. The van der Waals surface area contributed by atoms with Crippen LogP contribution in [0.25, 0.3) is 0 Å². The summed E-state index contributed by atoms with van der Waals surface area (Å²) >= 11 is 3.31. The van der Waals surface area contributed by atoms with Crippen molar-refractivity contribution in [1.29, 1.82) is 0 Å². The molecule has 0 aliphatic heterocycles. The summed E-state index contributed by atoms with van der Waals surface area (Å²) in [5.74, 6) is 0.126. The molecule has 1 aromatic carbocycles. The standard InChI is InChI=1S/C13H19BrN2O2/c1-8(2)12(7-18-3)16-13(17)10-5-4-9(14)6-11(10)15/h4-6,8,12H,7,15H2,1-3H3,(H,16,17). The Balaban J connectivity index is 2.80. The van der Waals surface area contributed by atoms with Crippen LogP contribution >= 0.6 is 15.9 Å². The van der Waals surface area contributed by atoms with Gasteiger partial charge in [-0.25, -0.2) is 0 Å². The second kappa shape index (κ2) is 6.75. The maximum atomic E-state index is 12.1. The molecule has 0 saturated carbocycles. The maximum Gasteiger partial charge on any atom is 0.253 e. The minimum absolute atomic E-state index is 0.0226. The molecule has 1 amide bonds. The van der Waals surface area contributed by atoms with Crippen molar-refractivity contribution in [2.45, 2.75) is 19.9 Å². The molecule has 3 N–H and O–H groups in total. The number of methoxy groups -OCH3 is 1. The molecule has 0 aliphatic carbocycles. The van der Waals surface area contributed by atoms with Crippen LogP contribution in [-0.2, 0) is 4.74 Å². The number of nitrogens with two attached hydrogens (primary N) is 1. The summed E-state index contributed by atoms with van der Waals surface area (Å²) in [5.41, 5.74) is 6.77. The fourth-order valence-corrected chi connectivity index (χ4v) is 1.95. The van der Waals surface area contributed by atoms with Crippen LogP contribution in [-0.4, -0.2) is 25.7 Å². The molecule has 0 radical (unpaired) electrons. The van der Waals surface area contributed by atoms with Crippen LogP contribution in [0, 0.1) is 5.92 Å². The van der Waals surface area contributed by atoms with Crippen LogP contribution < -0.4 is 11.1 Å². The van der Waals surface area contributed by atoms with E-state index in [1.807, 2.05) is 13.8 Å². The highest BCUT2D eigenvalue weighted by Crippen LogP contribution is 2.18. The van der Waals surface area contributed by atoms with Gasteiger partial charge < -0.3 is 15.8 Å². The minimum Gasteiger partial charge on any atom is -0.398 e. The Labute approximate surface area is 116 Å². The van der Waals surface area contributed by atoms with E-state index in [-0.39, 0.29) is 11.9 Å². The third-order valence-electron chi connectivity index (χ3n) is 2.73. The van der Waals surface area contributed by atoms with Gasteiger partial charge in [0.1, 0.15) is 0 Å². The Bertz CT molecular complexity index is 421. The van der Waals surface area contributed by atoms with Gasteiger partial charge in [0.05, 0.1) is 18.2 Å². The summed E-state index contributed by atoms with van der Waals surface area (Å²) in [6, 6.07) is 5.20. The number of carbonyl (C=O) groups excluding carboxylic acids is 1. The molecule has 1 aromatic rings. The van der Waals surface area contributed by atoms with Gasteiger partial charge in [-0.3, -0.25) is 4.79 Å². The average molecular weight is 315 g/mol. The van der Waals surface area contributed by atoms with Crippen molar-refractivity contribution in [1.82, 2.24) is 5.32 Å². The second-order valence-electron chi connectivity index (χ2n) is 4.51. The Morgan fingerprint density at radius 3 is 2.67 bits per heavy atom. The SMILES string of the molecule is COCC(NC(=O)c1ccc(Br)cc1N)C(C)C. The Morgan fingerprint density at radius 2 is 2.17 bits per heavy atom. The van der Waals surface area contributed by atoms with Crippen molar-refractivity contribution in [2.75, 3.05) is 19.5 Å². The lowest BCUT2D eigenvalue weighted by Crippen LogP contribution is -2.41. The summed E-state index contributed by atoms with van der Waals surface area (Å²) in [7, 11) is 1.62. The van der Waals surface area contributed by atoms with Crippen molar-refractivity contribution in [3.8, 4) is 0 Å². The molecule has 1 atom stereocenters. The first-order valence-corrected chi connectivity index (χ1v) is 6.59. The molecule has 0 aromatic heterocycles. The van der Waals surface area contributed by atoms with Crippen molar-refractivity contribution in [3.63, 3.8) is 0 Å². The average Bonchev–Trinajstić information content (AvgIpc) is 2.27. The number of amides is 1. The van der Waals surface area contributed by atoms with E-state index >= 15 is 0 Å². The minimum atomic E-state index is -0.171. The number of rotatable bonds is 5. The zero-order chi connectivity index (χ0) is 13.7. The first kappa shape index (κ1) is 15.0. The van der Waals surface area contributed by atoms with Crippen molar-refractivity contribution in [2.24, 2.45) is 5.92 Å². The first-order chi connectivity index (χ1) is 8.45. The van der Waals surface area contributed by atoms with E-state index in [0.717, 1.165) is 4.47 Å². The number of nitrogens with one attached hydrogen (secondary N) is 1. The largest absolute Gasteiger partial charge is 0.398 e. The molecule has 5 heteroatoms. The van der Waals surface area contributed by atoms with Crippen LogP contribution in [0.15, 0.2) is 22.7 Å². The first-order valence-electron chi connectivity index (χ1n) is 5.80. The quantitative estimate of drug-likeness (QED) is 0.820. The molecule has 0 spiro atoms. The molecule has 0 saturated heterocycles. The molecule has 0 bridgehead atoms. The molecule has 4 nitrogen and oxygen atoms in total. The Hall–Kier alpha value is -1.07. The number of anilines is 1. The van der Waals surface area contributed by atoms with Gasteiger partial charge in [-0.15, -0.1) is 0 Å². The second-order valence-corrected chi connectivity index (χ2v) is 5.43. The summed E-state index contributed by atoms with van der Waals surface area (Å²) in [4.78, 5) is 12.1. The zero-order valence-electron chi connectivity index (χ0n) is 10.9. The lowest BCUT2D eigenvalue weighted by Gasteiger charge is -2.21. The van der Waals surface area contributed by atoms with E-state index in [2.05, 4.69) is 21.2 Å². The maximum absolute atomic E-state index is 12.1. The fourth-order valence-electron chi connectivity index (χ4n) is 1.57. The highest BCUT2D eigenvalue weighted by molar-refractivity contribution is 9.10. The number of ether oxygens (including phenoxy) is 1. The van der Waals surface area contributed by atoms with E-state index < -0.39 is 0 Å². The summed E-state index contributed by atoms with van der Waals surface area (Å²) in [5, 5.41) is 2.93. The summed E-state index contributed by atoms with van der Waals surface area (Å²) in [6.45, 7) is 4.56. The normalized spacial score (nSPS) is 12.5. The Kier molecular flexibility index (Phi) is 5.62. The molecular formula is C13H19BrN2O2. The third kappa shape index (κ3) is 3.99. The van der Waals surface area contributed by atoms with Gasteiger partial charge in [0.25, 0.3) is 5.91 Å². The van der Waals surface area contributed by atoms with Gasteiger partial charge in [0.2, 0.25) is 0 Å². The smallest absolute Gasteiger partial charge is 0.253 e. The molecule has 18 heavy (non-hydrogen) atoms. The van der Waals surface area contributed by atoms with Crippen molar-refractivity contribution >= 4 is 27.5 Å². The molecule has 1 rings (SSSR count). The molecule has 100 valence electrons. The third-order valence-corrected chi connectivity index (χ3v) is 3.22. The van der Waals surface area contributed by atoms with Crippen LogP contribution in [0.4, 0.5) is 5.69 Å². The van der Waals surface area contributed by atoms with E-state index in [1.165, 1.54) is 0 Å². The highest BCUT2D eigenvalue weighted by atomic mass is 79.9. The lowest BCUT2D eigenvalue weighted by atomic mass is 10.0. The number of nitrogen functional groups attached to an aromatic ring is 1. The number of hydrogen-bond acceptors (Lipinski definition) is 3. The number of hydrogen-bond donors (Lipinski definition) is 2. The van der Waals surface area contributed by atoms with Gasteiger partial charge in [-0.05, 0) is 24.1 Å². The fraction of sp³-hybridized carbons (Fsp3) is 0.462. The highest BCUT2D eigenvalue weighted by Gasteiger charge is 2.18. The molecule has 0 fully saturated rings. The van der Waals surface area contributed by atoms with E-state index in [9.17, 15) is 4.79 Å². The number of carbonyl (C=O) groups is 1. The van der Waals surface area contributed by atoms with Crippen molar-refractivity contribution in [3.05, 3.63) is 28.2 Å². The van der Waals surface area contributed by atoms with Gasteiger partial charge in [0.15, 0.2) is 0 Å². The van der Waals surface area contributed by atoms with Crippen LogP contribution in [0.2, 0.25) is 0 Å². The number of halogens is 1. The predicted molar refractivity (Wildman–Crippen MR) is 76.5 cm³/mol. The Morgan fingerprint density at radius 1 is 1.50 bits per heavy atom. The topological polar surface area (TPSA) is 64.3 Å². The van der Waals surface area contributed by atoms with Gasteiger partial charge in [0, 0.05) is 17.3 Å². The summed E-state index contributed by atoms with van der Waals surface area (Å²) in [6.07, 6.45) is 0. The van der Waals surface area contributed by atoms with E-state index in [4.69, 9.17) is 10.5 Å². The molecule has 0 heterocycles. The van der Waals surface area contributed by atoms with Crippen LogP contribution in [0.3, 0.4) is 0 Å². The van der Waals surface area contributed by atoms with Crippen LogP contribution in [0.1, 0.15) is 24.2 Å². The molecular weight excluding hydrogens is 296 g/mol. The van der Waals surface area contributed by atoms with E-state index in [1.54, 1.807) is 25.3 Å². The van der Waals surface area contributed by atoms with Gasteiger partial charge in [-0.2, -0.15) is 0 Å². The summed E-state index contributed by atoms with van der Waals surface area (Å²) < 4.78 is 5.95. The zero-order valence-corrected chi connectivity index (χ0v) is 12.5. The predicted octanol–water partition coefficient (Wildman–Crippen LogP) is 2.43. The monoisotopic (exact) mass is 314 g/mol. The van der Waals surface area contributed by atoms with Gasteiger partial charge in [-0.1, -0.05) is 29.8 Å². The molecule has 0 aliphatic rings. The lowest BCUT2D eigenvalue weighted by molar-refractivity contribution is 0.0867. The van der Waals surface area contributed by atoms with E-state index in [0.29, 0.717) is 23.8 Å². The van der Waals surface area contributed by atoms with Crippen molar-refractivity contribution < 1.29 is 9.53 Å².